The van der Waals surface area contributed by atoms with Crippen molar-refractivity contribution in [1.29, 1.82) is 0 Å². The van der Waals surface area contributed by atoms with E-state index in [1.54, 1.807) is 10.6 Å². The Kier molecular flexibility index (Phi) is 3.80. The maximum atomic E-state index is 12.9. The van der Waals surface area contributed by atoms with Gasteiger partial charge in [0.2, 0.25) is 0 Å². The smallest absolute Gasteiger partial charge is 0.267 e. The van der Waals surface area contributed by atoms with Gasteiger partial charge in [0.15, 0.2) is 0 Å². The number of hydrogen-bond donors (Lipinski definition) is 2. The summed E-state index contributed by atoms with van der Waals surface area (Å²) in [4.78, 5) is 25.6. The number of amides is 1. The van der Waals surface area contributed by atoms with Crippen LogP contribution in [-0.4, -0.2) is 15.6 Å². The van der Waals surface area contributed by atoms with E-state index in [9.17, 15) is 14.7 Å². The first kappa shape index (κ1) is 16.4. The van der Waals surface area contributed by atoms with Crippen LogP contribution in [0.3, 0.4) is 0 Å². The quantitative estimate of drug-likeness (QED) is 0.764. The number of carbonyl (C=O) groups is 1. The lowest BCUT2D eigenvalue weighted by Crippen LogP contribution is -2.33. The summed E-state index contributed by atoms with van der Waals surface area (Å²) in [6.45, 7) is 4.24. The van der Waals surface area contributed by atoms with Gasteiger partial charge in [-0.3, -0.25) is 9.59 Å². The predicted molar refractivity (Wildman–Crippen MR) is 101 cm³/mol. The van der Waals surface area contributed by atoms with Gasteiger partial charge in [-0.15, -0.1) is 0 Å². The summed E-state index contributed by atoms with van der Waals surface area (Å²) in [6.07, 6.45) is 0.723. The highest BCUT2D eigenvalue weighted by Gasteiger charge is 2.29. The second-order valence-electron chi connectivity index (χ2n) is 6.93. The van der Waals surface area contributed by atoms with Gasteiger partial charge in [0.1, 0.15) is 11.3 Å². The lowest BCUT2D eigenvalue weighted by atomic mass is 10.1. The molecule has 1 amide bonds. The standard InChI is InChI=1S/C21H20N2O3/c1-12-6-8-14(9-7-12)11-22-20(25)17-19(24)16-5-3-4-15-10-13(2)23(18(15)16)21(17)26/h3-9,13,24H,10-11H2,1-2H3,(H,22,25)/t13-/m0/s1. The molecule has 0 saturated carbocycles. The predicted octanol–water partition coefficient (Wildman–Crippen LogP) is 3.06. The Morgan fingerprint density at radius 2 is 1.96 bits per heavy atom. The molecule has 0 radical (unpaired) electrons. The molecule has 2 aromatic carbocycles. The summed E-state index contributed by atoms with van der Waals surface area (Å²) in [5.74, 6) is -0.790. The van der Waals surface area contributed by atoms with E-state index in [1.165, 1.54) is 0 Å². The normalized spacial score (nSPS) is 15.4. The fraction of sp³-hybridized carbons (Fsp3) is 0.238. The van der Waals surface area contributed by atoms with Gasteiger partial charge in [-0.25, -0.2) is 0 Å². The van der Waals surface area contributed by atoms with Crippen molar-refractivity contribution in [2.75, 3.05) is 0 Å². The summed E-state index contributed by atoms with van der Waals surface area (Å²) in [5.41, 5.74) is 3.21. The molecule has 0 fully saturated rings. The second kappa shape index (κ2) is 6.02. The van der Waals surface area contributed by atoms with Crippen molar-refractivity contribution in [2.45, 2.75) is 32.9 Å². The molecule has 132 valence electrons. The molecule has 26 heavy (non-hydrogen) atoms. The van der Waals surface area contributed by atoms with Gasteiger partial charge in [0, 0.05) is 18.0 Å². The number of nitrogens with zero attached hydrogens (tertiary/aromatic N) is 1. The number of benzene rings is 2. The van der Waals surface area contributed by atoms with Crippen LogP contribution < -0.4 is 10.9 Å². The number of pyridine rings is 1. The number of carbonyl (C=O) groups excluding carboxylic acids is 1. The molecule has 2 N–H and O–H groups in total. The molecule has 0 unspecified atom stereocenters. The van der Waals surface area contributed by atoms with Gasteiger partial charge in [-0.1, -0.05) is 42.0 Å². The number of rotatable bonds is 3. The van der Waals surface area contributed by atoms with Crippen LogP contribution in [0.4, 0.5) is 0 Å². The van der Waals surface area contributed by atoms with Crippen LogP contribution in [0.25, 0.3) is 10.9 Å². The van der Waals surface area contributed by atoms with E-state index >= 15 is 0 Å². The number of aryl methyl sites for hydroxylation is 1. The van der Waals surface area contributed by atoms with E-state index in [2.05, 4.69) is 5.32 Å². The minimum Gasteiger partial charge on any atom is -0.506 e. The van der Waals surface area contributed by atoms with Crippen molar-refractivity contribution in [3.63, 3.8) is 0 Å². The zero-order valence-corrected chi connectivity index (χ0v) is 14.7. The molecular formula is C21H20N2O3. The van der Waals surface area contributed by atoms with Crippen LogP contribution in [0.15, 0.2) is 47.3 Å². The number of para-hydroxylation sites is 1. The molecule has 4 rings (SSSR count). The number of aromatic nitrogens is 1. The van der Waals surface area contributed by atoms with Crippen LogP contribution in [0, 0.1) is 6.92 Å². The van der Waals surface area contributed by atoms with Crippen molar-refractivity contribution in [1.82, 2.24) is 9.88 Å². The third-order valence-electron chi connectivity index (χ3n) is 5.04. The highest BCUT2D eigenvalue weighted by Crippen LogP contribution is 2.35. The maximum Gasteiger partial charge on any atom is 0.267 e. The molecule has 1 aliphatic rings. The monoisotopic (exact) mass is 348 g/mol. The highest BCUT2D eigenvalue weighted by molar-refractivity contribution is 6.03. The fourth-order valence-corrected chi connectivity index (χ4v) is 3.70. The summed E-state index contributed by atoms with van der Waals surface area (Å²) in [6, 6.07) is 13.3. The Morgan fingerprint density at radius 1 is 1.23 bits per heavy atom. The summed E-state index contributed by atoms with van der Waals surface area (Å²) in [7, 11) is 0. The zero-order chi connectivity index (χ0) is 18.4. The van der Waals surface area contributed by atoms with Crippen LogP contribution in [-0.2, 0) is 13.0 Å². The van der Waals surface area contributed by atoms with Crippen LogP contribution in [0.2, 0.25) is 0 Å². The van der Waals surface area contributed by atoms with E-state index < -0.39 is 11.5 Å². The third-order valence-corrected chi connectivity index (χ3v) is 5.04. The topological polar surface area (TPSA) is 71.3 Å². The van der Waals surface area contributed by atoms with E-state index in [-0.39, 0.29) is 17.4 Å². The Bertz CT molecular complexity index is 1080. The Labute approximate surface area is 150 Å². The van der Waals surface area contributed by atoms with Crippen LogP contribution in [0.5, 0.6) is 5.75 Å². The van der Waals surface area contributed by atoms with Gasteiger partial charge in [0.05, 0.1) is 5.52 Å². The van der Waals surface area contributed by atoms with Gasteiger partial charge in [-0.2, -0.15) is 0 Å². The zero-order valence-electron chi connectivity index (χ0n) is 14.7. The minimum absolute atomic E-state index is 0.0355. The average molecular weight is 348 g/mol. The lowest BCUT2D eigenvalue weighted by Gasteiger charge is -2.14. The molecule has 0 saturated heterocycles. The molecule has 1 aromatic heterocycles. The van der Waals surface area contributed by atoms with Gasteiger partial charge in [0.25, 0.3) is 11.5 Å². The third kappa shape index (κ3) is 2.47. The van der Waals surface area contributed by atoms with Crippen LogP contribution >= 0.6 is 0 Å². The van der Waals surface area contributed by atoms with Crippen LogP contribution in [0.1, 0.15) is 40.0 Å². The van der Waals surface area contributed by atoms with Gasteiger partial charge >= 0.3 is 0 Å². The molecule has 0 spiro atoms. The Hall–Kier alpha value is -3.08. The van der Waals surface area contributed by atoms with Crippen molar-refractivity contribution < 1.29 is 9.90 Å². The number of hydrogen-bond acceptors (Lipinski definition) is 3. The molecular weight excluding hydrogens is 328 g/mol. The van der Waals surface area contributed by atoms with Crippen molar-refractivity contribution in [3.05, 3.63) is 75.1 Å². The first-order valence-electron chi connectivity index (χ1n) is 8.70. The Balaban J connectivity index is 1.74. The molecule has 5 nitrogen and oxygen atoms in total. The van der Waals surface area contributed by atoms with Gasteiger partial charge in [-0.05, 0) is 37.5 Å². The first-order valence-corrected chi connectivity index (χ1v) is 8.70. The van der Waals surface area contributed by atoms with E-state index in [1.807, 2.05) is 50.2 Å². The highest BCUT2D eigenvalue weighted by atomic mass is 16.3. The molecule has 3 aromatic rings. The molecule has 5 heteroatoms. The van der Waals surface area contributed by atoms with E-state index in [0.29, 0.717) is 11.9 Å². The van der Waals surface area contributed by atoms with E-state index in [4.69, 9.17) is 0 Å². The SMILES string of the molecule is Cc1ccc(CNC(=O)c2c(O)c3cccc4c3n(c2=O)[C@@H](C)C4)cc1. The molecule has 1 atom stereocenters. The molecule has 0 bridgehead atoms. The fourth-order valence-electron chi connectivity index (χ4n) is 3.70. The molecule has 0 aliphatic carbocycles. The van der Waals surface area contributed by atoms with Gasteiger partial charge < -0.3 is 15.0 Å². The summed E-state index contributed by atoms with van der Waals surface area (Å²) < 4.78 is 1.63. The minimum atomic E-state index is -0.553. The summed E-state index contributed by atoms with van der Waals surface area (Å²) >= 11 is 0. The van der Waals surface area contributed by atoms with Crippen molar-refractivity contribution in [2.24, 2.45) is 0 Å². The lowest BCUT2D eigenvalue weighted by molar-refractivity contribution is 0.0946. The first-order chi connectivity index (χ1) is 12.5. The largest absolute Gasteiger partial charge is 0.506 e. The van der Waals surface area contributed by atoms with Crippen molar-refractivity contribution >= 4 is 16.8 Å². The molecule has 1 aliphatic heterocycles. The number of nitrogens with one attached hydrogen (secondary N) is 1. The summed E-state index contributed by atoms with van der Waals surface area (Å²) in [5, 5.41) is 13.9. The Morgan fingerprint density at radius 3 is 2.69 bits per heavy atom. The second-order valence-corrected chi connectivity index (χ2v) is 6.93. The van der Waals surface area contributed by atoms with E-state index in [0.717, 1.165) is 28.6 Å². The molecule has 2 heterocycles. The number of aromatic hydroxyl groups is 1. The average Bonchev–Trinajstić information content (AvgIpc) is 2.96. The maximum absolute atomic E-state index is 12.9. The van der Waals surface area contributed by atoms with Crippen molar-refractivity contribution in [3.8, 4) is 5.75 Å².